The number of nitrogens with zero attached hydrogens (tertiary/aromatic N) is 1. The van der Waals surface area contributed by atoms with Gasteiger partial charge in [0.1, 0.15) is 6.61 Å². The second-order valence-corrected chi connectivity index (χ2v) is 4.70. The molecule has 0 saturated heterocycles. The molecule has 100 valence electrons. The van der Waals surface area contributed by atoms with Gasteiger partial charge in [-0.15, -0.1) is 0 Å². The molecule has 1 rings (SSSR count). The summed E-state index contributed by atoms with van der Waals surface area (Å²) in [6.45, 7) is 6.37. The van der Waals surface area contributed by atoms with Gasteiger partial charge in [-0.3, -0.25) is 4.79 Å². The Balaban J connectivity index is 2.35. The van der Waals surface area contributed by atoms with Gasteiger partial charge in [0.05, 0.1) is 6.10 Å². The molecule has 1 saturated carbocycles. The van der Waals surface area contributed by atoms with Gasteiger partial charge in [0, 0.05) is 13.1 Å². The van der Waals surface area contributed by atoms with E-state index in [1.807, 2.05) is 13.8 Å². The molecule has 17 heavy (non-hydrogen) atoms. The average Bonchev–Trinajstić information content (AvgIpc) is 2.38. The topological polar surface area (TPSA) is 55.6 Å². The van der Waals surface area contributed by atoms with E-state index in [0.29, 0.717) is 12.5 Å². The lowest BCUT2D eigenvalue weighted by atomic mass is 9.86. The van der Waals surface area contributed by atoms with Gasteiger partial charge < -0.3 is 15.4 Å². The first-order valence-corrected chi connectivity index (χ1v) is 6.82. The number of carbonyl (C=O) groups is 1. The van der Waals surface area contributed by atoms with Gasteiger partial charge in [-0.2, -0.15) is 0 Å². The highest BCUT2D eigenvalue weighted by molar-refractivity contribution is 5.77. The van der Waals surface area contributed by atoms with E-state index in [0.717, 1.165) is 25.9 Å². The Labute approximate surface area is 104 Å². The van der Waals surface area contributed by atoms with Gasteiger partial charge in [0.25, 0.3) is 0 Å². The highest BCUT2D eigenvalue weighted by Crippen LogP contribution is 2.25. The standard InChI is InChI=1S/C13H26N2O2/c1-3-15(4-2)13(16)10-17-12-8-6-5-7-11(12)9-14/h11-12H,3-10,14H2,1-2H3. The Kier molecular flexibility index (Phi) is 6.52. The summed E-state index contributed by atoms with van der Waals surface area (Å²) < 4.78 is 5.76. The van der Waals surface area contributed by atoms with E-state index >= 15 is 0 Å². The van der Waals surface area contributed by atoms with Crippen molar-refractivity contribution in [2.75, 3.05) is 26.2 Å². The normalized spacial score (nSPS) is 24.6. The minimum absolute atomic E-state index is 0.0938. The van der Waals surface area contributed by atoms with Crippen LogP contribution in [0.2, 0.25) is 0 Å². The van der Waals surface area contributed by atoms with Gasteiger partial charge in [-0.05, 0) is 39.2 Å². The molecule has 0 aromatic rings. The molecule has 1 aliphatic carbocycles. The Morgan fingerprint density at radius 3 is 2.53 bits per heavy atom. The van der Waals surface area contributed by atoms with Gasteiger partial charge >= 0.3 is 0 Å². The van der Waals surface area contributed by atoms with Crippen LogP contribution in [0, 0.1) is 5.92 Å². The lowest BCUT2D eigenvalue weighted by Crippen LogP contribution is -2.38. The van der Waals surface area contributed by atoms with E-state index in [9.17, 15) is 4.79 Å². The first-order valence-electron chi connectivity index (χ1n) is 6.82. The van der Waals surface area contributed by atoms with E-state index in [2.05, 4.69) is 0 Å². The maximum absolute atomic E-state index is 11.8. The van der Waals surface area contributed by atoms with E-state index < -0.39 is 0 Å². The SMILES string of the molecule is CCN(CC)C(=O)COC1CCCCC1CN. The molecule has 1 amide bonds. The number of hydrogen-bond acceptors (Lipinski definition) is 3. The van der Waals surface area contributed by atoms with Crippen molar-refractivity contribution in [3.05, 3.63) is 0 Å². The molecule has 2 N–H and O–H groups in total. The van der Waals surface area contributed by atoms with Crippen LogP contribution in [-0.4, -0.2) is 43.2 Å². The molecule has 0 aromatic heterocycles. The summed E-state index contributed by atoms with van der Waals surface area (Å²) in [6, 6.07) is 0. The maximum atomic E-state index is 11.8. The second-order valence-electron chi connectivity index (χ2n) is 4.70. The highest BCUT2D eigenvalue weighted by Gasteiger charge is 2.25. The van der Waals surface area contributed by atoms with E-state index in [4.69, 9.17) is 10.5 Å². The predicted molar refractivity (Wildman–Crippen MR) is 68.7 cm³/mol. The van der Waals surface area contributed by atoms with Crippen molar-refractivity contribution >= 4 is 5.91 Å². The van der Waals surface area contributed by atoms with E-state index in [1.165, 1.54) is 12.8 Å². The molecular weight excluding hydrogens is 216 g/mol. The molecule has 2 unspecified atom stereocenters. The molecule has 0 heterocycles. The van der Waals surface area contributed by atoms with Crippen LogP contribution in [0.4, 0.5) is 0 Å². The summed E-state index contributed by atoms with van der Waals surface area (Å²) in [5, 5.41) is 0. The predicted octanol–water partition coefficient (Wildman–Crippen LogP) is 1.39. The molecule has 0 aromatic carbocycles. The zero-order valence-corrected chi connectivity index (χ0v) is 11.2. The summed E-state index contributed by atoms with van der Waals surface area (Å²) in [5.41, 5.74) is 5.74. The molecule has 2 atom stereocenters. The number of hydrogen-bond donors (Lipinski definition) is 1. The van der Waals surface area contributed by atoms with Gasteiger partial charge in [0.2, 0.25) is 5.91 Å². The smallest absolute Gasteiger partial charge is 0.248 e. The average molecular weight is 242 g/mol. The van der Waals surface area contributed by atoms with Gasteiger partial charge in [-0.25, -0.2) is 0 Å². The first kappa shape index (κ1) is 14.5. The van der Waals surface area contributed by atoms with Crippen LogP contribution in [-0.2, 0) is 9.53 Å². The van der Waals surface area contributed by atoms with Crippen molar-refractivity contribution in [3.63, 3.8) is 0 Å². The molecule has 4 heteroatoms. The summed E-state index contributed by atoms with van der Waals surface area (Å²) >= 11 is 0. The van der Waals surface area contributed by atoms with E-state index in [-0.39, 0.29) is 18.6 Å². The van der Waals surface area contributed by atoms with Crippen LogP contribution >= 0.6 is 0 Å². The molecule has 4 nitrogen and oxygen atoms in total. The quantitative estimate of drug-likeness (QED) is 0.765. The van der Waals surface area contributed by atoms with Crippen LogP contribution in [0.15, 0.2) is 0 Å². The van der Waals surface area contributed by atoms with Crippen molar-refractivity contribution in [1.82, 2.24) is 4.90 Å². The molecule has 0 bridgehead atoms. The minimum Gasteiger partial charge on any atom is -0.368 e. The zero-order chi connectivity index (χ0) is 12.7. The third-order valence-electron chi connectivity index (χ3n) is 3.68. The largest absolute Gasteiger partial charge is 0.368 e. The van der Waals surface area contributed by atoms with Crippen LogP contribution in [0.1, 0.15) is 39.5 Å². The highest BCUT2D eigenvalue weighted by atomic mass is 16.5. The first-order chi connectivity index (χ1) is 8.22. The Morgan fingerprint density at radius 1 is 1.29 bits per heavy atom. The number of carbonyl (C=O) groups excluding carboxylic acids is 1. The lowest BCUT2D eigenvalue weighted by molar-refractivity contribution is -0.139. The van der Waals surface area contributed by atoms with Crippen molar-refractivity contribution in [2.45, 2.75) is 45.6 Å². The molecule has 0 radical (unpaired) electrons. The van der Waals surface area contributed by atoms with Crippen molar-refractivity contribution in [1.29, 1.82) is 0 Å². The third-order valence-corrected chi connectivity index (χ3v) is 3.68. The third kappa shape index (κ3) is 4.28. The van der Waals surface area contributed by atoms with Crippen LogP contribution in [0.25, 0.3) is 0 Å². The monoisotopic (exact) mass is 242 g/mol. The van der Waals surface area contributed by atoms with E-state index in [1.54, 1.807) is 4.90 Å². The number of likely N-dealkylation sites (N-methyl/N-ethyl adjacent to an activating group) is 1. The molecule has 0 aliphatic heterocycles. The summed E-state index contributed by atoms with van der Waals surface area (Å²) in [4.78, 5) is 13.6. The van der Waals surface area contributed by atoms with Crippen LogP contribution in [0.5, 0.6) is 0 Å². The van der Waals surface area contributed by atoms with Gasteiger partial charge in [0.15, 0.2) is 0 Å². The van der Waals surface area contributed by atoms with Crippen LogP contribution < -0.4 is 5.73 Å². The Hall–Kier alpha value is -0.610. The number of rotatable bonds is 6. The fourth-order valence-corrected chi connectivity index (χ4v) is 2.51. The zero-order valence-electron chi connectivity index (χ0n) is 11.2. The maximum Gasteiger partial charge on any atom is 0.248 e. The summed E-state index contributed by atoms with van der Waals surface area (Å²) in [5.74, 6) is 0.532. The van der Waals surface area contributed by atoms with Crippen molar-refractivity contribution in [2.24, 2.45) is 11.7 Å². The lowest BCUT2D eigenvalue weighted by Gasteiger charge is -2.31. The molecule has 1 fully saturated rings. The van der Waals surface area contributed by atoms with Crippen molar-refractivity contribution in [3.8, 4) is 0 Å². The summed E-state index contributed by atoms with van der Waals surface area (Å²) in [6.07, 6.45) is 4.81. The van der Waals surface area contributed by atoms with Crippen LogP contribution in [0.3, 0.4) is 0 Å². The fraction of sp³-hybridized carbons (Fsp3) is 0.923. The second kappa shape index (κ2) is 7.67. The number of nitrogens with two attached hydrogens (primary N) is 1. The molecular formula is C13H26N2O2. The Morgan fingerprint density at radius 2 is 1.94 bits per heavy atom. The summed E-state index contributed by atoms with van der Waals surface area (Å²) in [7, 11) is 0. The van der Waals surface area contributed by atoms with Gasteiger partial charge in [-0.1, -0.05) is 12.8 Å². The minimum atomic E-state index is 0.0938. The number of ether oxygens (including phenoxy) is 1. The molecule has 0 spiro atoms. The Bertz CT molecular complexity index is 229. The molecule has 1 aliphatic rings. The fourth-order valence-electron chi connectivity index (χ4n) is 2.51. The number of amides is 1. The van der Waals surface area contributed by atoms with Crippen molar-refractivity contribution < 1.29 is 9.53 Å².